The zero-order valence-corrected chi connectivity index (χ0v) is 18.6. The Hall–Kier alpha value is -3.36. The van der Waals surface area contributed by atoms with E-state index < -0.39 is 0 Å². The van der Waals surface area contributed by atoms with E-state index in [4.69, 9.17) is 9.47 Å². The number of methoxy groups -OCH3 is 1. The van der Waals surface area contributed by atoms with Gasteiger partial charge in [0, 0.05) is 24.8 Å². The Kier molecular flexibility index (Phi) is 6.72. The molecule has 3 N–H and O–H groups in total. The van der Waals surface area contributed by atoms with Crippen LogP contribution in [0.1, 0.15) is 11.1 Å². The van der Waals surface area contributed by atoms with Crippen LogP contribution in [0.25, 0.3) is 11.1 Å². The van der Waals surface area contributed by atoms with E-state index in [1.54, 1.807) is 13.3 Å². The minimum Gasteiger partial charge on any atom is -0.497 e. The van der Waals surface area contributed by atoms with Crippen molar-refractivity contribution in [3.8, 4) is 22.6 Å². The zero-order valence-electron chi connectivity index (χ0n) is 18.6. The summed E-state index contributed by atoms with van der Waals surface area (Å²) in [6, 6.07) is 11.4. The van der Waals surface area contributed by atoms with Gasteiger partial charge >= 0.3 is 0 Å². The number of hydrogen-bond acceptors (Lipinski definition) is 6. The summed E-state index contributed by atoms with van der Waals surface area (Å²) in [5, 5.41) is 13.2. The van der Waals surface area contributed by atoms with E-state index in [0.717, 1.165) is 34.5 Å². The Morgan fingerprint density at radius 1 is 1.19 bits per heavy atom. The van der Waals surface area contributed by atoms with Gasteiger partial charge in [0.15, 0.2) is 0 Å². The summed E-state index contributed by atoms with van der Waals surface area (Å²) in [5.74, 6) is 1.38. The maximum atomic E-state index is 13.1. The number of benzene rings is 2. The molecule has 0 spiro atoms. The predicted octanol–water partition coefficient (Wildman–Crippen LogP) is 2.68. The van der Waals surface area contributed by atoms with Gasteiger partial charge in [0.05, 0.1) is 25.0 Å². The summed E-state index contributed by atoms with van der Waals surface area (Å²) in [5.41, 5.74) is 4.90. The van der Waals surface area contributed by atoms with Crippen LogP contribution < -0.4 is 20.1 Å². The Labute approximate surface area is 187 Å². The first-order valence-corrected chi connectivity index (χ1v) is 10.6. The van der Waals surface area contributed by atoms with Crippen LogP contribution in [0.15, 0.2) is 48.8 Å². The third-order valence-corrected chi connectivity index (χ3v) is 5.56. The monoisotopic (exact) mass is 435 g/mol. The van der Waals surface area contributed by atoms with Crippen LogP contribution in [0.4, 0.5) is 5.69 Å². The summed E-state index contributed by atoms with van der Waals surface area (Å²) in [6.07, 6.45) is 4.21. The van der Waals surface area contributed by atoms with Crippen LogP contribution in [-0.2, 0) is 17.8 Å². The molecule has 0 unspecified atom stereocenters. The average Bonchev–Trinajstić information content (AvgIpc) is 3.34. The van der Waals surface area contributed by atoms with Crippen molar-refractivity contribution in [3.05, 3.63) is 59.9 Å². The van der Waals surface area contributed by atoms with E-state index in [9.17, 15) is 4.79 Å². The van der Waals surface area contributed by atoms with E-state index in [1.807, 2.05) is 56.7 Å². The number of fused-ring (bicyclic) bond motifs is 1. The summed E-state index contributed by atoms with van der Waals surface area (Å²) in [4.78, 5) is 15.1. The summed E-state index contributed by atoms with van der Waals surface area (Å²) < 4.78 is 11.3. The van der Waals surface area contributed by atoms with Gasteiger partial charge in [0.2, 0.25) is 5.91 Å². The zero-order chi connectivity index (χ0) is 22.5. The molecular weight excluding hydrogens is 406 g/mol. The molecule has 8 nitrogen and oxygen atoms in total. The van der Waals surface area contributed by atoms with Gasteiger partial charge in [-0.05, 0) is 61.5 Å². The van der Waals surface area contributed by atoms with Crippen LogP contribution in [-0.4, -0.2) is 61.4 Å². The Morgan fingerprint density at radius 2 is 2.06 bits per heavy atom. The highest BCUT2D eigenvalue weighted by atomic mass is 16.5. The average molecular weight is 436 g/mol. The molecule has 168 valence electrons. The fourth-order valence-electron chi connectivity index (χ4n) is 3.69. The van der Waals surface area contributed by atoms with Gasteiger partial charge in [0.25, 0.3) is 0 Å². The molecule has 0 aliphatic carbocycles. The molecule has 0 radical (unpaired) electrons. The molecule has 3 aromatic rings. The molecule has 1 atom stereocenters. The quantitative estimate of drug-likeness (QED) is 0.504. The highest BCUT2D eigenvalue weighted by Crippen LogP contribution is 2.31. The van der Waals surface area contributed by atoms with Crippen LogP contribution >= 0.6 is 0 Å². The number of nitrogens with zero attached hydrogens (tertiary/aromatic N) is 2. The van der Waals surface area contributed by atoms with Crippen molar-refractivity contribution < 1.29 is 14.3 Å². The van der Waals surface area contributed by atoms with Gasteiger partial charge in [-0.1, -0.05) is 12.1 Å². The predicted molar refractivity (Wildman–Crippen MR) is 124 cm³/mol. The molecule has 2 aromatic carbocycles. The molecular formula is C24H29N5O3. The van der Waals surface area contributed by atoms with Crippen LogP contribution in [0.2, 0.25) is 0 Å². The minimum absolute atomic E-state index is 0.0833. The number of carbonyl (C=O) groups excluding carboxylic acids is 1. The lowest BCUT2D eigenvalue weighted by Crippen LogP contribution is -2.44. The highest BCUT2D eigenvalue weighted by Gasteiger charge is 2.25. The number of ether oxygens (including phenoxy) is 2. The Morgan fingerprint density at radius 3 is 2.81 bits per heavy atom. The largest absolute Gasteiger partial charge is 0.497 e. The van der Waals surface area contributed by atoms with Crippen molar-refractivity contribution >= 4 is 11.6 Å². The van der Waals surface area contributed by atoms with Crippen molar-refractivity contribution in [2.75, 3.05) is 39.7 Å². The van der Waals surface area contributed by atoms with Crippen molar-refractivity contribution in [3.63, 3.8) is 0 Å². The number of hydrogen-bond donors (Lipinski definition) is 3. The number of rotatable bonds is 8. The van der Waals surface area contributed by atoms with Gasteiger partial charge in [-0.2, -0.15) is 5.10 Å². The molecule has 4 rings (SSSR count). The van der Waals surface area contributed by atoms with Crippen molar-refractivity contribution in [2.45, 2.75) is 19.0 Å². The van der Waals surface area contributed by atoms with Crippen molar-refractivity contribution in [1.82, 2.24) is 20.4 Å². The summed E-state index contributed by atoms with van der Waals surface area (Å²) in [7, 11) is 5.65. The molecule has 32 heavy (non-hydrogen) atoms. The van der Waals surface area contributed by atoms with Crippen molar-refractivity contribution in [1.29, 1.82) is 0 Å². The Bertz CT molecular complexity index is 1070. The lowest BCUT2D eigenvalue weighted by molar-refractivity contribution is -0.118. The second-order valence-electron chi connectivity index (χ2n) is 8.11. The maximum absolute atomic E-state index is 13.1. The third kappa shape index (κ3) is 5.09. The van der Waals surface area contributed by atoms with Gasteiger partial charge in [-0.15, -0.1) is 0 Å². The van der Waals surface area contributed by atoms with Gasteiger partial charge in [-0.3, -0.25) is 9.89 Å². The van der Waals surface area contributed by atoms with E-state index in [-0.39, 0.29) is 11.9 Å². The van der Waals surface area contributed by atoms with E-state index >= 15 is 0 Å². The molecule has 0 fully saturated rings. The smallest absolute Gasteiger partial charge is 0.241 e. The highest BCUT2D eigenvalue weighted by molar-refractivity contribution is 5.96. The van der Waals surface area contributed by atoms with Gasteiger partial charge in [0.1, 0.15) is 18.1 Å². The van der Waals surface area contributed by atoms with Crippen LogP contribution in [0.3, 0.4) is 0 Å². The number of aromatic nitrogens is 2. The molecule has 0 saturated heterocycles. The molecule has 8 heteroatoms. The second kappa shape index (κ2) is 9.84. The van der Waals surface area contributed by atoms with E-state index in [0.29, 0.717) is 31.0 Å². The minimum atomic E-state index is -0.320. The third-order valence-electron chi connectivity index (χ3n) is 5.56. The second-order valence-corrected chi connectivity index (χ2v) is 8.11. The normalized spacial score (nSPS) is 15.3. The molecule has 1 amide bonds. The molecule has 0 saturated carbocycles. The number of likely N-dealkylation sites (N-methyl/N-ethyl adjacent to an activating group) is 1. The van der Waals surface area contributed by atoms with Crippen LogP contribution in [0, 0.1) is 0 Å². The summed E-state index contributed by atoms with van der Waals surface area (Å²) >= 11 is 0. The number of nitrogens with one attached hydrogen (secondary N) is 3. The molecule has 1 aromatic heterocycles. The fraction of sp³-hybridized carbons (Fsp3) is 0.333. The van der Waals surface area contributed by atoms with Gasteiger partial charge < -0.3 is 25.0 Å². The Balaban J connectivity index is 1.50. The number of anilines is 1. The molecule has 2 heterocycles. The van der Waals surface area contributed by atoms with Gasteiger partial charge in [-0.25, -0.2) is 0 Å². The number of carbonyl (C=O) groups is 1. The van der Waals surface area contributed by atoms with E-state index in [1.165, 1.54) is 0 Å². The summed E-state index contributed by atoms with van der Waals surface area (Å²) in [6.45, 7) is 1.91. The molecule has 0 bridgehead atoms. The fourth-order valence-corrected chi connectivity index (χ4v) is 3.69. The number of aromatic amines is 1. The number of H-pyrrole nitrogens is 1. The lowest BCUT2D eigenvalue weighted by atomic mass is 9.95. The molecule has 1 aliphatic rings. The SMILES string of the molecule is COc1ccc2c(c1)CN[C@@H](C(=O)Nc1ccc(-c3cn[nH]c3)cc1OCCN(C)C)C2. The number of amides is 1. The standard InChI is InChI=1S/C24H29N5O3/c1-29(2)8-9-32-23-12-17(19-14-26-27-15-19)5-7-21(23)28-24(30)22-11-16-4-6-20(31-3)10-18(16)13-25-22/h4-7,10,12,14-15,22,25H,8-9,11,13H2,1-3H3,(H,26,27)(H,28,30)/t22-/m1/s1. The van der Waals surface area contributed by atoms with Crippen LogP contribution in [0.5, 0.6) is 11.5 Å². The molecule has 1 aliphatic heterocycles. The first-order chi connectivity index (χ1) is 15.5. The topological polar surface area (TPSA) is 91.5 Å². The maximum Gasteiger partial charge on any atom is 0.241 e. The lowest BCUT2D eigenvalue weighted by Gasteiger charge is -2.26. The van der Waals surface area contributed by atoms with Crippen molar-refractivity contribution in [2.24, 2.45) is 0 Å². The first kappa shape index (κ1) is 21.9. The van der Waals surface area contributed by atoms with E-state index in [2.05, 4.69) is 25.7 Å². The first-order valence-electron chi connectivity index (χ1n) is 10.6.